The molecule has 33 heavy (non-hydrogen) atoms. The van der Waals surface area contributed by atoms with Crippen LogP contribution in [0.3, 0.4) is 0 Å². The molecule has 3 fully saturated rings. The van der Waals surface area contributed by atoms with Gasteiger partial charge in [-0.1, -0.05) is 23.7 Å². The molecular weight excluding hydrogens is 446 g/mol. The van der Waals surface area contributed by atoms with Gasteiger partial charge in [-0.3, -0.25) is 9.59 Å². The Morgan fingerprint density at radius 1 is 1.12 bits per heavy atom. The van der Waals surface area contributed by atoms with Crippen LogP contribution in [0.4, 0.5) is 4.79 Å². The maximum absolute atomic E-state index is 13.3. The highest BCUT2D eigenvalue weighted by atomic mass is 35.5. The fraction of sp³-hybridized carbons (Fsp3) is 0.625. The van der Waals surface area contributed by atoms with E-state index in [0.29, 0.717) is 57.2 Å². The highest BCUT2D eigenvalue weighted by Crippen LogP contribution is 2.48. The molecular formula is C24H32ClN3O5. The molecule has 9 heteroatoms. The molecule has 4 rings (SSSR count). The van der Waals surface area contributed by atoms with Crippen LogP contribution in [-0.4, -0.2) is 79.3 Å². The van der Waals surface area contributed by atoms with E-state index in [9.17, 15) is 14.4 Å². The summed E-state index contributed by atoms with van der Waals surface area (Å²) in [4.78, 5) is 41.1. The molecule has 2 N–H and O–H groups in total. The summed E-state index contributed by atoms with van der Waals surface area (Å²) in [5, 5.41) is 12.2. The van der Waals surface area contributed by atoms with Crippen molar-refractivity contribution >= 4 is 29.5 Å². The molecule has 2 heterocycles. The molecule has 0 spiro atoms. The number of ether oxygens (including phenoxy) is 1. The fourth-order valence-corrected chi connectivity index (χ4v) is 5.46. The molecule has 0 bridgehead atoms. The van der Waals surface area contributed by atoms with Crippen molar-refractivity contribution in [2.45, 2.75) is 31.6 Å². The third-order valence-electron chi connectivity index (χ3n) is 7.43. The second-order valence-electron chi connectivity index (χ2n) is 9.63. The number of carbonyl (C=O) groups excluding carboxylic acids is 2. The van der Waals surface area contributed by atoms with Gasteiger partial charge >= 0.3 is 6.09 Å². The average Bonchev–Trinajstić information content (AvgIpc) is 3.47. The standard InChI is InChI=1S/C24H32ClN3O5/c1-33-15-24(8-9-24)22(30)27-10-6-17(7-11-27)21(29)28-13-18(12-26-23(31)32)20(14-28)16-2-4-19(25)5-3-16/h2-5,17-18,20,26H,6-15H2,1H3,(H,31,32)/t18-,20-/m0/s1. The highest BCUT2D eigenvalue weighted by molar-refractivity contribution is 6.30. The first-order valence-electron chi connectivity index (χ1n) is 11.6. The first kappa shape index (κ1) is 23.8. The number of hydrogen-bond donors (Lipinski definition) is 2. The number of amides is 3. The summed E-state index contributed by atoms with van der Waals surface area (Å²) in [7, 11) is 1.63. The average molecular weight is 478 g/mol. The lowest BCUT2D eigenvalue weighted by atomic mass is 9.89. The summed E-state index contributed by atoms with van der Waals surface area (Å²) in [6.07, 6.45) is 2.02. The molecule has 180 valence electrons. The van der Waals surface area contributed by atoms with Gasteiger partial charge in [-0.05, 0) is 43.4 Å². The number of likely N-dealkylation sites (tertiary alicyclic amines) is 2. The van der Waals surface area contributed by atoms with Crippen LogP contribution in [0.5, 0.6) is 0 Å². The van der Waals surface area contributed by atoms with Gasteiger partial charge in [-0.25, -0.2) is 4.79 Å². The first-order valence-corrected chi connectivity index (χ1v) is 12.0. The normalized spacial score (nSPS) is 24.5. The summed E-state index contributed by atoms with van der Waals surface area (Å²) >= 11 is 6.03. The molecule has 0 unspecified atom stereocenters. The summed E-state index contributed by atoms with van der Waals surface area (Å²) < 4.78 is 5.25. The number of nitrogens with one attached hydrogen (secondary N) is 1. The van der Waals surface area contributed by atoms with Crippen molar-refractivity contribution in [1.82, 2.24) is 15.1 Å². The summed E-state index contributed by atoms with van der Waals surface area (Å²) in [5.74, 6) is 0.208. The lowest BCUT2D eigenvalue weighted by Crippen LogP contribution is -2.47. The van der Waals surface area contributed by atoms with E-state index in [4.69, 9.17) is 21.4 Å². The Kier molecular flexibility index (Phi) is 7.14. The van der Waals surface area contributed by atoms with Crippen molar-refractivity contribution < 1.29 is 24.2 Å². The number of carbonyl (C=O) groups is 3. The zero-order chi connectivity index (χ0) is 23.6. The lowest BCUT2D eigenvalue weighted by molar-refractivity contribution is -0.144. The Hall–Kier alpha value is -2.32. The summed E-state index contributed by atoms with van der Waals surface area (Å²) in [5.41, 5.74) is 0.719. The van der Waals surface area contributed by atoms with E-state index in [2.05, 4.69) is 5.32 Å². The molecule has 2 atom stereocenters. The molecule has 0 radical (unpaired) electrons. The highest BCUT2D eigenvalue weighted by Gasteiger charge is 2.52. The zero-order valence-corrected chi connectivity index (χ0v) is 19.7. The molecule has 8 nitrogen and oxygen atoms in total. The van der Waals surface area contributed by atoms with Gasteiger partial charge in [-0.2, -0.15) is 0 Å². The molecule has 3 amide bonds. The predicted molar refractivity (Wildman–Crippen MR) is 123 cm³/mol. The number of nitrogens with zero attached hydrogens (tertiary/aromatic N) is 2. The number of benzene rings is 1. The van der Waals surface area contributed by atoms with Crippen LogP contribution in [0.2, 0.25) is 5.02 Å². The van der Waals surface area contributed by atoms with Crippen LogP contribution >= 0.6 is 11.6 Å². The van der Waals surface area contributed by atoms with Crippen LogP contribution in [0.25, 0.3) is 0 Å². The molecule has 1 aromatic rings. The maximum atomic E-state index is 13.3. The Labute approximate surface area is 199 Å². The third-order valence-corrected chi connectivity index (χ3v) is 7.68. The number of hydrogen-bond acceptors (Lipinski definition) is 4. The predicted octanol–water partition coefficient (Wildman–Crippen LogP) is 2.81. The van der Waals surface area contributed by atoms with Crippen molar-refractivity contribution in [2.24, 2.45) is 17.3 Å². The Bertz CT molecular complexity index is 881. The number of carboxylic acid groups (broad SMARTS) is 1. The Balaban J connectivity index is 1.37. The van der Waals surface area contributed by atoms with Gasteiger partial charge < -0.3 is 25.0 Å². The quantitative estimate of drug-likeness (QED) is 0.629. The maximum Gasteiger partial charge on any atom is 0.404 e. The zero-order valence-electron chi connectivity index (χ0n) is 19.0. The van der Waals surface area contributed by atoms with E-state index in [1.165, 1.54) is 0 Å². The molecule has 0 aromatic heterocycles. The SMILES string of the molecule is COCC1(C(=O)N2CCC(C(=O)N3C[C@H](CNC(=O)O)[C@H](c4ccc(Cl)cc4)C3)CC2)CC1. The van der Waals surface area contributed by atoms with Gasteiger partial charge in [0.2, 0.25) is 11.8 Å². The van der Waals surface area contributed by atoms with Gasteiger partial charge in [-0.15, -0.1) is 0 Å². The summed E-state index contributed by atoms with van der Waals surface area (Å²) in [6, 6.07) is 7.55. The van der Waals surface area contributed by atoms with Crippen LogP contribution in [0, 0.1) is 17.3 Å². The van der Waals surface area contributed by atoms with Gasteiger partial charge in [0.15, 0.2) is 0 Å². The van der Waals surface area contributed by atoms with Crippen LogP contribution in [0.1, 0.15) is 37.2 Å². The minimum absolute atomic E-state index is 0.00309. The van der Waals surface area contributed by atoms with Crippen molar-refractivity contribution in [2.75, 3.05) is 46.4 Å². The number of piperidine rings is 1. The topological polar surface area (TPSA) is 99.2 Å². The first-order chi connectivity index (χ1) is 15.8. The van der Waals surface area contributed by atoms with E-state index in [-0.39, 0.29) is 35.0 Å². The molecule has 2 aliphatic heterocycles. The number of rotatable bonds is 7. The van der Waals surface area contributed by atoms with Crippen LogP contribution < -0.4 is 5.32 Å². The number of methoxy groups -OCH3 is 1. The Morgan fingerprint density at radius 2 is 1.79 bits per heavy atom. The van der Waals surface area contributed by atoms with Crippen LogP contribution in [0.15, 0.2) is 24.3 Å². The van der Waals surface area contributed by atoms with E-state index >= 15 is 0 Å². The smallest absolute Gasteiger partial charge is 0.404 e. The van der Waals surface area contributed by atoms with Crippen molar-refractivity contribution in [3.8, 4) is 0 Å². The number of halogens is 1. The minimum atomic E-state index is -1.06. The minimum Gasteiger partial charge on any atom is -0.465 e. The van der Waals surface area contributed by atoms with E-state index in [1.54, 1.807) is 7.11 Å². The third kappa shape index (κ3) is 5.27. The van der Waals surface area contributed by atoms with Gasteiger partial charge in [0, 0.05) is 62.6 Å². The van der Waals surface area contributed by atoms with E-state index in [0.717, 1.165) is 18.4 Å². The summed E-state index contributed by atoms with van der Waals surface area (Å²) in [6.45, 7) is 3.03. The van der Waals surface area contributed by atoms with Crippen molar-refractivity contribution in [3.05, 3.63) is 34.9 Å². The molecule has 1 saturated carbocycles. The van der Waals surface area contributed by atoms with Crippen molar-refractivity contribution in [3.63, 3.8) is 0 Å². The largest absolute Gasteiger partial charge is 0.465 e. The second kappa shape index (κ2) is 9.89. The molecule has 1 aliphatic carbocycles. The second-order valence-corrected chi connectivity index (χ2v) is 10.1. The lowest BCUT2D eigenvalue weighted by Gasteiger charge is -2.35. The van der Waals surface area contributed by atoms with Crippen molar-refractivity contribution in [1.29, 1.82) is 0 Å². The van der Waals surface area contributed by atoms with E-state index in [1.807, 2.05) is 34.1 Å². The fourth-order valence-electron chi connectivity index (χ4n) is 5.33. The molecule has 3 aliphatic rings. The van der Waals surface area contributed by atoms with Gasteiger partial charge in [0.05, 0.1) is 12.0 Å². The van der Waals surface area contributed by atoms with Gasteiger partial charge in [0.25, 0.3) is 0 Å². The van der Waals surface area contributed by atoms with Crippen LogP contribution in [-0.2, 0) is 14.3 Å². The van der Waals surface area contributed by atoms with E-state index < -0.39 is 6.09 Å². The molecule has 2 saturated heterocycles. The monoisotopic (exact) mass is 477 g/mol. The molecule has 1 aromatic carbocycles. The Morgan fingerprint density at radius 3 is 2.36 bits per heavy atom. The van der Waals surface area contributed by atoms with Gasteiger partial charge in [0.1, 0.15) is 0 Å².